The summed E-state index contributed by atoms with van der Waals surface area (Å²) in [5.74, 6) is 0.00345. The zero-order chi connectivity index (χ0) is 13.7. The summed E-state index contributed by atoms with van der Waals surface area (Å²) in [6, 6.07) is 15.2. The van der Waals surface area contributed by atoms with E-state index in [9.17, 15) is 4.79 Å². The number of nitrogens with one attached hydrogen (secondary N) is 1. The minimum Gasteiger partial charge on any atom is -0.399 e. The van der Waals surface area contributed by atoms with E-state index in [1.807, 2.05) is 48.5 Å². The molecule has 0 aliphatic heterocycles. The van der Waals surface area contributed by atoms with Crippen LogP contribution in [0.1, 0.15) is 12.0 Å². The van der Waals surface area contributed by atoms with Gasteiger partial charge in [-0.05, 0) is 52.2 Å². The van der Waals surface area contributed by atoms with Gasteiger partial charge in [-0.15, -0.1) is 0 Å². The zero-order valence-electron chi connectivity index (χ0n) is 10.4. The van der Waals surface area contributed by atoms with Gasteiger partial charge in [0.2, 0.25) is 5.91 Å². The molecule has 2 rings (SSSR count). The van der Waals surface area contributed by atoms with Crippen LogP contribution in [0.25, 0.3) is 0 Å². The fourth-order valence-corrected chi connectivity index (χ4v) is 2.10. The van der Waals surface area contributed by atoms with Crippen molar-refractivity contribution in [2.24, 2.45) is 0 Å². The first-order chi connectivity index (χ1) is 9.15. The Bertz CT molecular complexity index is 567. The van der Waals surface area contributed by atoms with Crippen LogP contribution < -0.4 is 11.1 Å². The Morgan fingerprint density at radius 2 is 1.79 bits per heavy atom. The number of nitrogens with two attached hydrogens (primary N) is 1. The second-order valence-corrected chi connectivity index (χ2v) is 5.12. The Kier molecular flexibility index (Phi) is 4.58. The lowest BCUT2D eigenvalue weighted by molar-refractivity contribution is -0.116. The maximum Gasteiger partial charge on any atom is 0.224 e. The molecule has 0 aliphatic carbocycles. The third-order valence-electron chi connectivity index (χ3n) is 2.77. The van der Waals surface area contributed by atoms with Crippen molar-refractivity contribution in [2.45, 2.75) is 12.8 Å². The van der Waals surface area contributed by atoms with Crippen molar-refractivity contribution in [2.75, 3.05) is 11.1 Å². The van der Waals surface area contributed by atoms with Gasteiger partial charge in [0.05, 0.1) is 5.69 Å². The summed E-state index contributed by atoms with van der Waals surface area (Å²) in [5.41, 5.74) is 8.26. The van der Waals surface area contributed by atoms with Gasteiger partial charge in [0.15, 0.2) is 0 Å². The molecule has 1 amide bonds. The van der Waals surface area contributed by atoms with Gasteiger partial charge in [0.1, 0.15) is 0 Å². The molecule has 0 saturated carbocycles. The number of benzene rings is 2. The molecular formula is C15H15BrN2O. The van der Waals surface area contributed by atoms with Gasteiger partial charge in [-0.25, -0.2) is 0 Å². The number of amides is 1. The Morgan fingerprint density at radius 1 is 1.11 bits per heavy atom. The standard InChI is InChI=1S/C15H15BrN2O/c16-13-3-1-2-4-14(13)18-15(19)10-7-11-5-8-12(17)9-6-11/h1-6,8-9H,7,10,17H2,(H,18,19). The van der Waals surface area contributed by atoms with Gasteiger partial charge in [-0.3, -0.25) is 4.79 Å². The van der Waals surface area contributed by atoms with Crippen LogP contribution in [-0.4, -0.2) is 5.91 Å². The normalized spacial score (nSPS) is 10.2. The molecule has 0 heterocycles. The first kappa shape index (κ1) is 13.6. The van der Waals surface area contributed by atoms with Crippen molar-refractivity contribution in [1.29, 1.82) is 0 Å². The van der Waals surface area contributed by atoms with Crippen molar-refractivity contribution in [3.8, 4) is 0 Å². The summed E-state index contributed by atoms with van der Waals surface area (Å²) in [7, 11) is 0. The van der Waals surface area contributed by atoms with Gasteiger partial charge in [-0.1, -0.05) is 24.3 Å². The number of carbonyl (C=O) groups is 1. The number of halogens is 1. The topological polar surface area (TPSA) is 55.1 Å². The van der Waals surface area contributed by atoms with Crippen molar-refractivity contribution in [3.63, 3.8) is 0 Å². The molecule has 0 spiro atoms. The number of nitrogen functional groups attached to an aromatic ring is 1. The minimum atomic E-state index is 0.00345. The first-order valence-electron chi connectivity index (χ1n) is 6.04. The summed E-state index contributed by atoms with van der Waals surface area (Å²) in [6.45, 7) is 0. The second kappa shape index (κ2) is 6.38. The van der Waals surface area contributed by atoms with Crippen LogP contribution >= 0.6 is 15.9 Å². The van der Waals surface area contributed by atoms with Gasteiger partial charge in [-0.2, -0.15) is 0 Å². The van der Waals surface area contributed by atoms with Crippen molar-refractivity contribution in [3.05, 3.63) is 58.6 Å². The predicted molar refractivity (Wildman–Crippen MR) is 81.9 cm³/mol. The summed E-state index contributed by atoms with van der Waals surface area (Å²) in [6.07, 6.45) is 1.15. The van der Waals surface area contributed by atoms with Crippen molar-refractivity contribution < 1.29 is 4.79 Å². The number of carbonyl (C=O) groups excluding carboxylic acids is 1. The highest BCUT2D eigenvalue weighted by atomic mass is 79.9. The summed E-state index contributed by atoms with van der Waals surface area (Å²) >= 11 is 3.40. The number of para-hydroxylation sites is 1. The van der Waals surface area contributed by atoms with E-state index in [4.69, 9.17) is 5.73 Å². The second-order valence-electron chi connectivity index (χ2n) is 4.27. The van der Waals surface area contributed by atoms with E-state index >= 15 is 0 Å². The lowest BCUT2D eigenvalue weighted by atomic mass is 10.1. The fraction of sp³-hybridized carbons (Fsp3) is 0.133. The van der Waals surface area contributed by atoms with Crippen LogP contribution in [0.15, 0.2) is 53.0 Å². The van der Waals surface area contributed by atoms with E-state index < -0.39 is 0 Å². The highest BCUT2D eigenvalue weighted by molar-refractivity contribution is 9.10. The molecule has 0 bridgehead atoms. The molecule has 0 saturated heterocycles. The zero-order valence-corrected chi connectivity index (χ0v) is 12.0. The Morgan fingerprint density at radius 3 is 2.47 bits per heavy atom. The predicted octanol–water partition coefficient (Wildman–Crippen LogP) is 3.60. The average molecular weight is 319 g/mol. The molecule has 98 valence electrons. The Balaban J connectivity index is 1.88. The van der Waals surface area contributed by atoms with Gasteiger partial charge in [0, 0.05) is 16.6 Å². The van der Waals surface area contributed by atoms with E-state index in [1.54, 1.807) is 0 Å². The van der Waals surface area contributed by atoms with E-state index in [0.717, 1.165) is 21.4 Å². The van der Waals surface area contributed by atoms with E-state index in [2.05, 4.69) is 21.2 Å². The van der Waals surface area contributed by atoms with Crippen LogP contribution in [0.4, 0.5) is 11.4 Å². The molecule has 3 nitrogen and oxygen atoms in total. The molecule has 2 aromatic rings. The fourth-order valence-electron chi connectivity index (χ4n) is 1.72. The summed E-state index contributed by atoms with van der Waals surface area (Å²) in [4.78, 5) is 11.8. The number of anilines is 2. The largest absolute Gasteiger partial charge is 0.399 e. The lowest BCUT2D eigenvalue weighted by Crippen LogP contribution is -2.12. The van der Waals surface area contributed by atoms with Crippen LogP contribution in [-0.2, 0) is 11.2 Å². The average Bonchev–Trinajstić information content (AvgIpc) is 2.41. The number of aryl methyl sites for hydroxylation is 1. The maximum atomic E-state index is 11.8. The van der Waals surface area contributed by atoms with Crippen LogP contribution in [0.2, 0.25) is 0 Å². The molecule has 0 aromatic heterocycles. The number of hydrogen-bond acceptors (Lipinski definition) is 2. The Labute approximate surface area is 121 Å². The highest BCUT2D eigenvalue weighted by Crippen LogP contribution is 2.21. The monoisotopic (exact) mass is 318 g/mol. The van der Waals surface area contributed by atoms with E-state index in [-0.39, 0.29) is 5.91 Å². The quantitative estimate of drug-likeness (QED) is 0.846. The summed E-state index contributed by atoms with van der Waals surface area (Å²) in [5, 5.41) is 2.88. The third-order valence-corrected chi connectivity index (χ3v) is 3.46. The summed E-state index contributed by atoms with van der Waals surface area (Å²) < 4.78 is 0.885. The van der Waals surface area contributed by atoms with Crippen molar-refractivity contribution >= 4 is 33.2 Å². The van der Waals surface area contributed by atoms with Crippen molar-refractivity contribution in [1.82, 2.24) is 0 Å². The molecule has 0 radical (unpaired) electrons. The lowest BCUT2D eigenvalue weighted by Gasteiger charge is -2.07. The smallest absolute Gasteiger partial charge is 0.224 e. The van der Waals surface area contributed by atoms with Crippen LogP contribution in [0, 0.1) is 0 Å². The molecule has 4 heteroatoms. The third kappa shape index (κ3) is 4.10. The SMILES string of the molecule is Nc1ccc(CCC(=O)Nc2ccccc2Br)cc1. The van der Waals surface area contributed by atoms with Crippen LogP contribution in [0.5, 0.6) is 0 Å². The van der Waals surface area contributed by atoms with Gasteiger partial charge < -0.3 is 11.1 Å². The van der Waals surface area contributed by atoms with Gasteiger partial charge in [0.25, 0.3) is 0 Å². The molecule has 0 unspecified atom stereocenters. The highest BCUT2D eigenvalue weighted by Gasteiger charge is 2.05. The number of hydrogen-bond donors (Lipinski definition) is 2. The molecule has 0 fully saturated rings. The molecule has 2 aromatic carbocycles. The molecular weight excluding hydrogens is 304 g/mol. The maximum absolute atomic E-state index is 11.8. The number of rotatable bonds is 4. The minimum absolute atomic E-state index is 0.00345. The Hall–Kier alpha value is -1.81. The molecule has 0 aliphatic rings. The molecule has 19 heavy (non-hydrogen) atoms. The van der Waals surface area contributed by atoms with E-state index in [1.165, 1.54) is 0 Å². The van der Waals surface area contributed by atoms with E-state index in [0.29, 0.717) is 12.8 Å². The first-order valence-corrected chi connectivity index (χ1v) is 6.83. The molecule has 0 atom stereocenters. The van der Waals surface area contributed by atoms with Crippen LogP contribution in [0.3, 0.4) is 0 Å². The molecule has 3 N–H and O–H groups in total. The van der Waals surface area contributed by atoms with Gasteiger partial charge >= 0.3 is 0 Å².